The minimum Gasteiger partial charge on any atom is -0.393 e. The zero-order valence-electron chi connectivity index (χ0n) is 10.7. The molecule has 1 aliphatic rings. The summed E-state index contributed by atoms with van der Waals surface area (Å²) in [5.74, 6) is 0.158. The fourth-order valence-corrected chi connectivity index (χ4v) is 2.56. The monoisotopic (exact) mass is 266 g/mol. The van der Waals surface area contributed by atoms with E-state index >= 15 is 0 Å². The average molecular weight is 266 g/mol. The molecule has 2 N–H and O–H groups in total. The molecule has 1 amide bonds. The standard InChI is InChI=1S/C12H18N4OS/c1-8-6-10(15(2)14-8)12(17)16-5-3-4-9(7-16)11(13)18/h6,9H,3-5,7H2,1-2H3,(H2,13,18). The van der Waals surface area contributed by atoms with Gasteiger partial charge in [0.15, 0.2) is 0 Å². The van der Waals surface area contributed by atoms with Crippen LogP contribution < -0.4 is 5.73 Å². The zero-order valence-corrected chi connectivity index (χ0v) is 11.5. The molecule has 6 heteroatoms. The topological polar surface area (TPSA) is 64.2 Å². The van der Waals surface area contributed by atoms with Crippen LogP contribution in [0.25, 0.3) is 0 Å². The minimum atomic E-state index is 0.0130. The van der Waals surface area contributed by atoms with Gasteiger partial charge >= 0.3 is 0 Å². The van der Waals surface area contributed by atoms with E-state index in [4.69, 9.17) is 18.0 Å². The maximum atomic E-state index is 12.4. The number of amides is 1. The molecule has 2 heterocycles. The van der Waals surface area contributed by atoms with Crippen LogP contribution >= 0.6 is 12.2 Å². The van der Waals surface area contributed by atoms with Gasteiger partial charge < -0.3 is 10.6 Å². The number of piperidine rings is 1. The molecule has 98 valence electrons. The Hall–Kier alpha value is -1.43. The van der Waals surface area contributed by atoms with E-state index in [1.165, 1.54) is 0 Å². The minimum absolute atomic E-state index is 0.0130. The van der Waals surface area contributed by atoms with Gasteiger partial charge in [-0.1, -0.05) is 12.2 Å². The summed E-state index contributed by atoms with van der Waals surface area (Å²) in [7, 11) is 1.79. The van der Waals surface area contributed by atoms with E-state index in [1.807, 2.05) is 17.9 Å². The molecule has 1 saturated heterocycles. The summed E-state index contributed by atoms with van der Waals surface area (Å²) in [6.07, 6.45) is 1.92. The highest BCUT2D eigenvalue weighted by Gasteiger charge is 2.27. The summed E-state index contributed by atoms with van der Waals surface area (Å²) in [5.41, 5.74) is 7.15. The van der Waals surface area contributed by atoms with E-state index in [1.54, 1.807) is 11.7 Å². The van der Waals surface area contributed by atoms with Crippen LogP contribution in [0, 0.1) is 12.8 Å². The van der Waals surface area contributed by atoms with Gasteiger partial charge in [0.25, 0.3) is 5.91 Å². The third-order valence-electron chi connectivity index (χ3n) is 3.33. The van der Waals surface area contributed by atoms with Gasteiger partial charge in [-0.05, 0) is 25.8 Å². The van der Waals surface area contributed by atoms with Crippen molar-refractivity contribution in [2.24, 2.45) is 18.7 Å². The van der Waals surface area contributed by atoms with Crippen molar-refractivity contribution in [1.82, 2.24) is 14.7 Å². The van der Waals surface area contributed by atoms with Gasteiger partial charge in [0.2, 0.25) is 0 Å². The van der Waals surface area contributed by atoms with Gasteiger partial charge in [0, 0.05) is 26.1 Å². The Morgan fingerprint density at radius 3 is 2.89 bits per heavy atom. The van der Waals surface area contributed by atoms with E-state index in [0.717, 1.165) is 25.1 Å². The van der Waals surface area contributed by atoms with Gasteiger partial charge in [-0.15, -0.1) is 0 Å². The second-order valence-corrected chi connectivity index (χ2v) is 5.26. The molecule has 1 aromatic heterocycles. The number of carbonyl (C=O) groups is 1. The summed E-state index contributed by atoms with van der Waals surface area (Å²) in [5, 5.41) is 4.20. The van der Waals surface area contributed by atoms with Crippen molar-refractivity contribution in [2.75, 3.05) is 13.1 Å². The van der Waals surface area contributed by atoms with E-state index in [0.29, 0.717) is 17.2 Å². The molecular weight excluding hydrogens is 248 g/mol. The van der Waals surface area contributed by atoms with Crippen molar-refractivity contribution < 1.29 is 4.79 Å². The Kier molecular flexibility index (Phi) is 3.65. The Morgan fingerprint density at radius 2 is 2.33 bits per heavy atom. The predicted molar refractivity (Wildman–Crippen MR) is 73.4 cm³/mol. The third-order valence-corrected chi connectivity index (χ3v) is 3.67. The van der Waals surface area contributed by atoms with Crippen LogP contribution in [0.15, 0.2) is 6.07 Å². The van der Waals surface area contributed by atoms with E-state index in [2.05, 4.69) is 5.10 Å². The lowest BCUT2D eigenvalue weighted by Crippen LogP contribution is -2.44. The fourth-order valence-electron chi connectivity index (χ4n) is 2.37. The molecular formula is C12H18N4OS. The molecule has 0 radical (unpaired) electrons. The van der Waals surface area contributed by atoms with Crippen molar-refractivity contribution in [3.05, 3.63) is 17.5 Å². The van der Waals surface area contributed by atoms with Crippen molar-refractivity contribution in [1.29, 1.82) is 0 Å². The fraction of sp³-hybridized carbons (Fsp3) is 0.583. The van der Waals surface area contributed by atoms with Crippen LogP contribution in [0.2, 0.25) is 0 Å². The number of carbonyl (C=O) groups excluding carboxylic acids is 1. The Labute approximate surface area is 112 Å². The van der Waals surface area contributed by atoms with E-state index in [9.17, 15) is 4.79 Å². The number of aryl methyl sites for hydroxylation is 2. The van der Waals surface area contributed by atoms with Gasteiger partial charge in [-0.25, -0.2) is 0 Å². The SMILES string of the molecule is Cc1cc(C(=O)N2CCCC(C(N)=S)C2)n(C)n1. The van der Waals surface area contributed by atoms with Gasteiger partial charge in [0.1, 0.15) is 5.69 Å². The molecule has 1 atom stereocenters. The highest BCUT2D eigenvalue weighted by atomic mass is 32.1. The maximum Gasteiger partial charge on any atom is 0.272 e. The number of nitrogens with two attached hydrogens (primary N) is 1. The highest BCUT2D eigenvalue weighted by Crippen LogP contribution is 2.19. The number of hydrogen-bond acceptors (Lipinski definition) is 3. The largest absolute Gasteiger partial charge is 0.393 e. The maximum absolute atomic E-state index is 12.4. The molecule has 1 aliphatic heterocycles. The van der Waals surface area contributed by atoms with Crippen LogP contribution in [0.3, 0.4) is 0 Å². The second-order valence-electron chi connectivity index (χ2n) is 4.79. The van der Waals surface area contributed by atoms with Gasteiger partial charge in [-0.2, -0.15) is 5.10 Å². The normalized spacial score (nSPS) is 19.9. The van der Waals surface area contributed by atoms with Gasteiger partial charge in [0.05, 0.1) is 10.7 Å². The highest BCUT2D eigenvalue weighted by molar-refractivity contribution is 7.80. The molecule has 1 aromatic rings. The lowest BCUT2D eigenvalue weighted by Gasteiger charge is -2.32. The van der Waals surface area contributed by atoms with Crippen LogP contribution in [-0.4, -0.2) is 38.7 Å². The Balaban J connectivity index is 2.14. The quantitative estimate of drug-likeness (QED) is 0.807. The number of nitrogens with zero attached hydrogens (tertiary/aromatic N) is 3. The first-order valence-corrected chi connectivity index (χ1v) is 6.49. The summed E-state index contributed by atoms with van der Waals surface area (Å²) >= 11 is 5.02. The summed E-state index contributed by atoms with van der Waals surface area (Å²) < 4.78 is 1.63. The number of hydrogen-bond donors (Lipinski definition) is 1. The summed E-state index contributed by atoms with van der Waals surface area (Å²) in [4.78, 5) is 14.7. The van der Waals surface area contributed by atoms with Crippen molar-refractivity contribution in [2.45, 2.75) is 19.8 Å². The number of rotatable bonds is 2. The van der Waals surface area contributed by atoms with E-state index in [-0.39, 0.29) is 11.8 Å². The number of aromatic nitrogens is 2. The van der Waals surface area contributed by atoms with Crippen molar-refractivity contribution >= 4 is 23.1 Å². The lowest BCUT2D eigenvalue weighted by atomic mass is 9.98. The molecule has 0 spiro atoms. The molecule has 2 rings (SSSR count). The molecule has 0 bridgehead atoms. The predicted octanol–water partition coefficient (Wildman–Crippen LogP) is 0.867. The summed E-state index contributed by atoms with van der Waals surface area (Å²) in [6.45, 7) is 3.27. The van der Waals surface area contributed by atoms with Crippen LogP contribution in [0.5, 0.6) is 0 Å². The number of likely N-dealkylation sites (tertiary alicyclic amines) is 1. The molecule has 1 unspecified atom stereocenters. The Morgan fingerprint density at radius 1 is 1.61 bits per heavy atom. The van der Waals surface area contributed by atoms with Crippen LogP contribution in [0.1, 0.15) is 29.0 Å². The lowest BCUT2D eigenvalue weighted by molar-refractivity contribution is 0.0692. The summed E-state index contributed by atoms with van der Waals surface area (Å²) in [6, 6.07) is 1.81. The molecule has 5 nitrogen and oxygen atoms in total. The van der Waals surface area contributed by atoms with Gasteiger partial charge in [-0.3, -0.25) is 9.48 Å². The average Bonchev–Trinajstić information content (AvgIpc) is 2.67. The molecule has 0 saturated carbocycles. The third kappa shape index (κ3) is 2.53. The number of thiocarbonyl (C=S) groups is 1. The molecule has 0 aliphatic carbocycles. The van der Waals surface area contributed by atoms with E-state index < -0.39 is 0 Å². The molecule has 1 fully saturated rings. The van der Waals surface area contributed by atoms with Crippen LogP contribution in [-0.2, 0) is 7.05 Å². The first-order chi connectivity index (χ1) is 8.49. The van der Waals surface area contributed by atoms with Crippen molar-refractivity contribution in [3.8, 4) is 0 Å². The zero-order chi connectivity index (χ0) is 13.3. The molecule has 18 heavy (non-hydrogen) atoms. The first-order valence-electron chi connectivity index (χ1n) is 6.08. The van der Waals surface area contributed by atoms with Crippen molar-refractivity contribution in [3.63, 3.8) is 0 Å². The first kappa shape index (κ1) is 13.0. The molecule has 0 aromatic carbocycles. The van der Waals surface area contributed by atoms with Crippen LogP contribution in [0.4, 0.5) is 0 Å². The smallest absolute Gasteiger partial charge is 0.272 e. The second kappa shape index (κ2) is 5.06. The Bertz CT molecular complexity index is 482.